The molecule has 0 saturated carbocycles. The van der Waals surface area contributed by atoms with Crippen molar-refractivity contribution < 1.29 is 14.3 Å². The average molecular weight is 346 g/mol. The molecule has 1 aliphatic rings. The summed E-state index contributed by atoms with van der Waals surface area (Å²) in [5.74, 6) is 0.825. The Hall–Kier alpha value is -1.92. The molecule has 0 aliphatic carbocycles. The first kappa shape index (κ1) is 16.9. The van der Waals surface area contributed by atoms with Crippen LogP contribution in [-0.2, 0) is 16.0 Å². The van der Waals surface area contributed by atoms with E-state index in [1.54, 1.807) is 18.4 Å². The van der Waals surface area contributed by atoms with Crippen molar-refractivity contribution in [1.82, 2.24) is 10.3 Å². The number of hydrogen-bond acceptors (Lipinski definition) is 5. The predicted molar refractivity (Wildman–Crippen MR) is 94.5 cm³/mol. The molecule has 24 heavy (non-hydrogen) atoms. The van der Waals surface area contributed by atoms with E-state index in [1.807, 2.05) is 31.2 Å². The first-order valence-electron chi connectivity index (χ1n) is 8.14. The van der Waals surface area contributed by atoms with E-state index in [1.165, 1.54) is 0 Å². The lowest BCUT2D eigenvalue weighted by molar-refractivity contribution is -0.120. The van der Waals surface area contributed by atoms with Crippen LogP contribution in [0, 0.1) is 6.92 Å². The van der Waals surface area contributed by atoms with Gasteiger partial charge in [-0.3, -0.25) is 4.79 Å². The molecule has 1 saturated heterocycles. The number of thiazole rings is 1. The van der Waals surface area contributed by atoms with Crippen LogP contribution in [0.1, 0.15) is 23.4 Å². The molecule has 3 rings (SSSR count). The average Bonchev–Trinajstić information content (AvgIpc) is 3.23. The van der Waals surface area contributed by atoms with Crippen molar-refractivity contribution in [2.45, 2.75) is 32.3 Å². The predicted octanol–water partition coefficient (Wildman–Crippen LogP) is 2.96. The third kappa shape index (κ3) is 4.13. The Morgan fingerprint density at radius 3 is 3.12 bits per heavy atom. The van der Waals surface area contributed by atoms with E-state index < -0.39 is 0 Å². The summed E-state index contributed by atoms with van der Waals surface area (Å²) >= 11 is 1.56. The van der Waals surface area contributed by atoms with Gasteiger partial charge < -0.3 is 14.8 Å². The van der Waals surface area contributed by atoms with Crippen molar-refractivity contribution in [2.24, 2.45) is 0 Å². The number of amides is 1. The van der Waals surface area contributed by atoms with E-state index in [2.05, 4.69) is 10.3 Å². The van der Waals surface area contributed by atoms with Gasteiger partial charge in [0.25, 0.3) is 0 Å². The van der Waals surface area contributed by atoms with E-state index >= 15 is 0 Å². The molecule has 0 spiro atoms. The summed E-state index contributed by atoms with van der Waals surface area (Å²) in [5.41, 5.74) is 1.92. The minimum absolute atomic E-state index is 0.0226. The Morgan fingerprint density at radius 2 is 2.38 bits per heavy atom. The van der Waals surface area contributed by atoms with E-state index in [9.17, 15) is 4.79 Å². The molecule has 128 valence electrons. The van der Waals surface area contributed by atoms with Crippen molar-refractivity contribution in [2.75, 3.05) is 20.3 Å². The van der Waals surface area contributed by atoms with Crippen LogP contribution in [0.4, 0.5) is 0 Å². The SMILES string of the molecule is COc1cccc(-c2nc(C)c(CC(=O)NCC3CCCO3)s2)c1. The Balaban J connectivity index is 1.63. The highest BCUT2D eigenvalue weighted by Gasteiger charge is 2.17. The third-order valence-electron chi connectivity index (χ3n) is 4.08. The summed E-state index contributed by atoms with van der Waals surface area (Å²) in [6.45, 7) is 3.35. The molecule has 1 amide bonds. The van der Waals surface area contributed by atoms with Crippen molar-refractivity contribution in [3.8, 4) is 16.3 Å². The number of nitrogens with zero attached hydrogens (tertiary/aromatic N) is 1. The Bertz CT molecular complexity index is 708. The number of ether oxygens (including phenoxy) is 2. The molecule has 0 bridgehead atoms. The molecule has 1 N–H and O–H groups in total. The lowest BCUT2D eigenvalue weighted by Crippen LogP contribution is -2.32. The summed E-state index contributed by atoms with van der Waals surface area (Å²) < 4.78 is 10.8. The van der Waals surface area contributed by atoms with Gasteiger partial charge in [-0.25, -0.2) is 4.98 Å². The molecule has 6 heteroatoms. The quantitative estimate of drug-likeness (QED) is 0.873. The summed E-state index contributed by atoms with van der Waals surface area (Å²) in [6, 6.07) is 7.81. The Kier molecular flexibility index (Phi) is 5.48. The highest BCUT2D eigenvalue weighted by molar-refractivity contribution is 7.15. The molecule has 1 unspecified atom stereocenters. The van der Waals surface area contributed by atoms with Gasteiger partial charge in [-0.2, -0.15) is 0 Å². The van der Waals surface area contributed by atoms with Crippen LogP contribution in [0.2, 0.25) is 0 Å². The number of benzene rings is 1. The van der Waals surface area contributed by atoms with Crippen LogP contribution >= 0.6 is 11.3 Å². The molecule has 2 aromatic rings. The van der Waals surface area contributed by atoms with Crippen molar-refractivity contribution in [3.05, 3.63) is 34.8 Å². The number of carbonyl (C=O) groups is 1. The fraction of sp³-hybridized carbons (Fsp3) is 0.444. The van der Waals surface area contributed by atoms with Gasteiger partial charge in [-0.15, -0.1) is 11.3 Å². The van der Waals surface area contributed by atoms with Crippen LogP contribution in [0.15, 0.2) is 24.3 Å². The van der Waals surface area contributed by atoms with Gasteiger partial charge in [0.15, 0.2) is 0 Å². The number of nitrogens with one attached hydrogen (secondary N) is 1. The standard InChI is InChI=1S/C18H22N2O3S/c1-12-16(10-17(21)19-11-15-7-4-8-23-15)24-18(20-12)13-5-3-6-14(9-13)22-2/h3,5-6,9,15H,4,7-8,10-11H2,1-2H3,(H,19,21). The minimum atomic E-state index is 0.0226. The van der Waals surface area contributed by atoms with Gasteiger partial charge in [0, 0.05) is 23.6 Å². The fourth-order valence-corrected chi connectivity index (χ4v) is 3.77. The smallest absolute Gasteiger partial charge is 0.225 e. The lowest BCUT2D eigenvalue weighted by atomic mass is 10.2. The summed E-state index contributed by atoms with van der Waals surface area (Å²) in [7, 11) is 1.65. The second-order valence-electron chi connectivity index (χ2n) is 5.88. The van der Waals surface area contributed by atoms with Crippen LogP contribution in [-0.4, -0.2) is 37.3 Å². The molecule has 1 aromatic heterocycles. The number of methoxy groups -OCH3 is 1. The fourth-order valence-electron chi connectivity index (χ4n) is 2.71. The number of aryl methyl sites for hydroxylation is 1. The molecule has 1 aliphatic heterocycles. The van der Waals surface area contributed by atoms with Gasteiger partial charge in [-0.05, 0) is 31.9 Å². The van der Waals surface area contributed by atoms with Gasteiger partial charge >= 0.3 is 0 Å². The monoisotopic (exact) mass is 346 g/mol. The summed E-state index contributed by atoms with van der Waals surface area (Å²) in [5, 5.41) is 3.87. The van der Waals surface area contributed by atoms with Crippen LogP contribution in [0.5, 0.6) is 5.75 Å². The summed E-state index contributed by atoms with van der Waals surface area (Å²) in [6.07, 6.45) is 2.64. The molecule has 1 aromatic carbocycles. The largest absolute Gasteiger partial charge is 0.497 e. The minimum Gasteiger partial charge on any atom is -0.497 e. The maximum absolute atomic E-state index is 12.2. The first-order chi connectivity index (χ1) is 11.7. The topological polar surface area (TPSA) is 60.5 Å². The molecule has 2 heterocycles. The summed E-state index contributed by atoms with van der Waals surface area (Å²) in [4.78, 5) is 17.8. The number of hydrogen-bond donors (Lipinski definition) is 1. The van der Waals surface area contributed by atoms with Crippen LogP contribution in [0.25, 0.3) is 10.6 Å². The van der Waals surface area contributed by atoms with E-state index in [-0.39, 0.29) is 12.0 Å². The molecule has 5 nitrogen and oxygen atoms in total. The zero-order valence-corrected chi connectivity index (χ0v) is 14.8. The Morgan fingerprint density at radius 1 is 1.50 bits per heavy atom. The molecule has 1 atom stereocenters. The van der Waals surface area contributed by atoms with Gasteiger partial charge in [0.2, 0.25) is 5.91 Å². The van der Waals surface area contributed by atoms with E-state index in [4.69, 9.17) is 9.47 Å². The maximum Gasteiger partial charge on any atom is 0.225 e. The third-order valence-corrected chi connectivity index (χ3v) is 5.29. The maximum atomic E-state index is 12.2. The molecule has 0 radical (unpaired) electrons. The van der Waals surface area contributed by atoms with Gasteiger partial charge in [0.1, 0.15) is 10.8 Å². The zero-order chi connectivity index (χ0) is 16.9. The van der Waals surface area contributed by atoms with Gasteiger partial charge in [0.05, 0.1) is 25.3 Å². The molecule has 1 fully saturated rings. The van der Waals surface area contributed by atoms with Crippen molar-refractivity contribution in [3.63, 3.8) is 0 Å². The number of aromatic nitrogens is 1. The highest BCUT2D eigenvalue weighted by atomic mass is 32.1. The lowest BCUT2D eigenvalue weighted by Gasteiger charge is -2.10. The normalized spacial score (nSPS) is 17.0. The number of carbonyl (C=O) groups excluding carboxylic acids is 1. The number of rotatable bonds is 6. The second-order valence-corrected chi connectivity index (χ2v) is 6.96. The van der Waals surface area contributed by atoms with Crippen LogP contribution < -0.4 is 10.1 Å². The van der Waals surface area contributed by atoms with Crippen molar-refractivity contribution >= 4 is 17.2 Å². The van der Waals surface area contributed by atoms with Crippen LogP contribution in [0.3, 0.4) is 0 Å². The highest BCUT2D eigenvalue weighted by Crippen LogP contribution is 2.30. The molecular weight excluding hydrogens is 324 g/mol. The van der Waals surface area contributed by atoms with E-state index in [0.29, 0.717) is 13.0 Å². The van der Waals surface area contributed by atoms with Gasteiger partial charge in [-0.1, -0.05) is 12.1 Å². The van der Waals surface area contributed by atoms with Crippen molar-refractivity contribution in [1.29, 1.82) is 0 Å². The first-order valence-corrected chi connectivity index (χ1v) is 8.96. The second kappa shape index (κ2) is 7.77. The zero-order valence-electron chi connectivity index (χ0n) is 14.0. The van der Waals surface area contributed by atoms with E-state index in [0.717, 1.165) is 46.3 Å². The molecular formula is C18H22N2O3S. The Labute approximate surface area is 146 Å².